The molecule has 1 aliphatic heterocycles. The van der Waals surface area contributed by atoms with Gasteiger partial charge in [0.1, 0.15) is 0 Å². The summed E-state index contributed by atoms with van der Waals surface area (Å²) >= 11 is 0. The quantitative estimate of drug-likeness (QED) is 0.907. The van der Waals surface area contributed by atoms with E-state index in [1.165, 1.54) is 11.1 Å². The predicted molar refractivity (Wildman–Crippen MR) is 69.6 cm³/mol. The highest BCUT2D eigenvalue weighted by Gasteiger charge is 2.19. The van der Waals surface area contributed by atoms with Crippen molar-refractivity contribution in [2.45, 2.75) is 26.0 Å². The molecule has 5 heteroatoms. The minimum absolute atomic E-state index is 0.244. The van der Waals surface area contributed by atoms with Gasteiger partial charge in [-0.1, -0.05) is 29.4 Å². The van der Waals surface area contributed by atoms with E-state index in [1.807, 2.05) is 13.0 Å². The summed E-state index contributed by atoms with van der Waals surface area (Å²) in [7, 11) is 0. The maximum absolute atomic E-state index is 5.60. The molecule has 0 fully saturated rings. The standard InChI is InChI=1S/C14H17N3O2/c1-10-16-14(19-17-10)6-7-15-13-9-18-8-11-4-2-3-5-12(11)13/h2-5,13,15H,6-9H2,1H3. The molecule has 0 saturated carbocycles. The third kappa shape index (κ3) is 2.83. The van der Waals surface area contributed by atoms with Gasteiger partial charge in [-0.3, -0.25) is 0 Å². The van der Waals surface area contributed by atoms with Crippen LogP contribution in [0.25, 0.3) is 0 Å². The number of nitrogens with one attached hydrogen (secondary N) is 1. The Morgan fingerprint density at radius 2 is 2.26 bits per heavy atom. The third-order valence-electron chi connectivity index (χ3n) is 3.27. The van der Waals surface area contributed by atoms with E-state index in [0.29, 0.717) is 24.9 Å². The molecule has 1 aromatic heterocycles. The van der Waals surface area contributed by atoms with Crippen LogP contribution in [0.1, 0.15) is 28.9 Å². The van der Waals surface area contributed by atoms with Crippen LogP contribution in [0.4, 0.5) is 0 Å². The van der Waals surface area contributed by atoms with Crippen molar-refractivity contribution < 1.29 is 9.26 Å². The summed E-state index contributed by atoms with van der Waals surface area (Å²) < 4.78 is 10.7. The number of aromatic nitrogens is 2. The van der Waals surface area contributed by atoms with Crippen LogP contribution < -0.4 is 5.32 Å². The molecule has 0 bridgehead atoms. The largest absolute Gasteiger partial charge is 0.375 e. The van der Waals surface area contributed by atoms with Crippen LogP contribution in [-0.2, 0) is 17.8 Å². The van der Waals surface area contributed by atoms with Gasteiger partial charge in [0, 0.05) is 13.0 Å². The maximum atomic E-state index is 5.60. The second-order valence-corrected chi connectivity index (χ2v) is 4.71. The first-order valence-electron chi connectivity index (χ1n) is 6.51. The summed E-state index contributed by atoms with van der Waals surface area (Å²) in [5.74, 6) is 1.36. The van der Waals surface area contributed by atoms with E-state index in [1.54, 1.807) is 0 Å². The van der Waals surface area contributed by atoms with Crippen LogP contribution in [0.2, 0.25) is 0 Å². The van der Waals surface area contributed by atoms with E-state index >= 15 is 0 Å². The van der Waals surface area contributed by atoms with E-state index in [4.69, 9.17) is 9.26 Å². The lowest BCUT2D eigenvalue weighted by atomic mass is 9.99. The normalized spacial score (nSPS) is 18.3. The van der Waals surface area contributed by atoms with Gasteiger partial charge in [0.05, 0.1) is 19.3 Å². The highest BCUT2D eigenvalue weighted by Crippen LogP contribution is 2.24. The molecule has 0 saturated heterocycles. The van der Waals surface area contributed by atoms with Crippen molar-refractivity contribution in [2.75, 3.05) is 13.2 Å². The second-order valence-electron chi connectivity index (χ2n) is 4.71. The van der Waals surface area contributed by atoms with E-state index in [0.717, 1.165) is 13.0 Å². The molecule has 0 amide bonds. The van der Waals surface area contributed by atoms with Crippen LogP contribution in [-0.4, -0.2) is 23.3 Å². The first-order valence-corrected chi connectivity index (χ1v) is 6.51. The highest BCUT2D eigenvalue weighted by molar-refractivity contribution is 5.31. The number of benzene rings is 1. The highest BCUT2D eigenvalue weighted by atomic mass is 16.5. The van der Waals surface area contributed by atoms with Crippen LogP contribution in [0, 0.1) is 6.92 Å². The number of nitrogens with zero attached hydrogens (tertiary/aromatic N) is 2. The summed E-state index contributed by atoms with van der Waals surface area (Å²) in [6.45, 7) is 4.03. The first-order chi connectivity index (χ1) is 9.33. The number of ether oxygens (including phenoxy) is 1. The molecule has 0 aliphatic carbocycles. The fourth-order valence-electron chi connectivity index (χ4n) is 2.35. The van der Waals surface area contributed by atoms with Crippen LogP contribution in [0.5, 0.6) is 0 Å². The van der Waals surface area contributed by atoms with Crippen LogP contribution in [0.15, 0.2) is 28.8 Å². The lowest BCUT2D eigenvalue weighted by Gasteiger charge is -2.26. The predicted octanol–water partition coefficient (Wildman–Crippen LogP) is 1.78. The summed E-state index contributed by atoms with van der Waals surface area (Å²) in [6.07, 6.45) is 0.736. The van der Waals surface area contributed by atoms with Gasteiger partial charge in [-0.2, -0.15) is 4.98 Å². The van der Waals surface area contributed by atoms with Crippen molar-refractivity contribution in [3.8, 4) is 0 Å². The molecule has 100 valence electrons. The number of rotatable bonds is 4. The van der Waals surface area contributed by atoms with Crippen molar-refractivity contribution in [1.29, 1.82) is 0 Å². The Morgan fingerprint density at radius 1 is 1.37 bits per heavy atom. The van der Waals surface area contributed by atoms with Gasteiger partial charge in [-0.05, 0) is 18.1 Å². The van der Waals surface area contributed by atoms with Gasteiger partial charge >= 0.3 is 0 Å². The van der Waals surface area contributed by atoms with Crippen molar-refractivity contribution in [3.63, 3.8) is 0 Å². The summed E-state index contributed by atoms with van der Waals surface area (Å²) in [6, 6.07) is 8.64. The third-order valence-corrected chi connectivity index (χ3v) is 3.27. The van der Waals surface area contributed by atoms with Crippen molar-refractivity contribution >= 4 is 0 Å². The molecule has 19 heavy (non-hydrogen) atoms. The molecule has 5 nitrogen and oxygen atoms in total. The Hall–Kier alpha value is -1.72. The van der Waals surface area contributed by atoms with Gasteiger partial charge < -0.3 is 14.6 Å². The SMILES string of the molecule is Cc1noc(CCNC2COCc3ccccc32)n1. The molecule has 2 aromatic rings. The average Bonchev–Trinajstić information content (AvgIpc) is 2.85. The Bertz CT molecular complexity index is 553. The first kappa shape index (κ1) is 12.3. The fraction of sp³-hybridized carbons (Fsp3) is 0.429. The van der Waals surface area contributed by atoms with Gasteiger partial charge in [0.25, 0.3) is 0 Å². The maximum Gasteiger partial charge on any atom is 0.227 e. The van der Waals surface area contributed by atoms with E-state index in [2.05, 4.69) is 33.7 Å². The monoisotopic (exact) mass is 259 g/mol. The number of aryl methyl sites for hydroxylation is 1. The summed E-state index contributed by atoms with van der Waals surface area (Å²) in [5, 5.41) is 7.26. The lowest BCUT2D eigenvalue weighted by Crippen LogP contribution is -2.31. The Balaban J connectivity index is 1.59. The molecule has 1 atom stereocenters. The Kier molecular flexibility index (Phi) is 3.57. The van der Waals surface area contributed by atoms with Gasteiger partial charge in [0.2, 0.25) is 5.89 Å². The summed E-state index contributed by atoms with van der Waals surface area (Å²) in [4.78, 5) is 4.19. The molecule has 1 aromatic carbocycles. The minimum atomic E-state index is 0.244. The molecule has 1 unspecified atom stereocenters. The molecule has 0 spiro atoms. The van der Waals surface area contributed by atoms with Gasteiger partial charge in [-0.15, -0.1) is 0 Å². The Morgan fingerprint density at radius 3 is 3.11 bits per heavy atom. The number of fused-ring (bicyclic) bond motifs is 1. The van der Waals surface area contributed by atoms with Gasteiger partial charge in [-0.25, -0.2) is 0 Å². The molecular weight excluding hydrogens is 242 g/mol. The smallest absolute Gasteiger partial charge is 0.227 e. The zero-order chi connectivity index (χ0) is 13.1. The lowest BCUT2D eigenvalue weighted by molar-refractivity contribution is 0.0822. The topological polar surface area (TPSA) is 60.2 Å². The second kappa shape index (κ2) is 5.50. The minimum Gasteiger partial charge on any atom is -0.375 e. The van der Waals surface area contributed by atoms with Gasteiger partial charge in [0.15, 0.2) is 5.82 Å². The molecule has 1 N–H and O–H groups in total. The van der Waals surface area contributed by atoms with E-state index in [9.17, 15) is 0 Å². The molecule has 2 heterocycles. The fourth-order valence-corrected chi connectivity index (χ4v) is 2.35. The molecule has 1 aliphatic rings. The van der Waals surface area contributed by atoms with E-state index < -0.39 is 0 Å². The molecular formula is C14H17N3O2. The van der Waals surface area contributed by atoms with Crippen molar-refractivity contribution in [2.24, 2.45) is 0 Å². The van der Waals surface area contributed by atoms with Crippen molar-refractivity contribution in [1.82, 2.24) is 15.5 Å². The Labute approximate surface area is 112 Å². The molecule has 0 radical (unpaired) electrons. The zero-order valence-corrected chi connectivity index (χ0v) is 10.9. The summed E-state index contributed by atoms with van der Waals surface area (Å²) in [5.41, 5.74) is 2.59. The van der Waals surface area contributed by atoms with E-state index in [-0.39, 0.29) is 6.04 Å². The average molecular weight is 259 g/mol. The van der Waals surface area contributed by atoms with Crippen LogP contribution >= 0.6 is 0 Å². The van der Waals surface area contributed by atoms with Crippen LogP contribution in [0.3, 0.4) is 0 Å². The number of hydrogen-bond acceptors (Lipinski definition) is 5. The number of hydrogen-bond donors (Lipinski definition) is 1. The van der Waals surface area contributed by atoms with Crippen molar-refractivity contribution in [3.05, 3.63) is 47.1 Å². The molecule has 3 rings (SSSR count). The zero-order valence-electron chi connectivity index (χ0n) is 10.9.